The molecule has 1 saturated carbocycles. The van der Waals surface area contributed by atoms with Crippen LogP contribution >= 0.6 is 0 Å². The van der Waals surface area contributed by atoms with Gasteiger partial charge in [0, 0.05) is 5.92 Å². The first-order valence-electron chi connectivity index (χ1n) is 6.32. The van der Waals surface area contributed by atoms with Gasteiger partial charge in [-0.3, -0.25) is 4.79 Å². The monoisotopic (exact) mass is 245 g/mol. The van der Waals surface area contributed by atoms with Crippen LogP contribution in [0.3, 0.4) is 0 Å². The van der Waals surface area contributed by atoms with E-state index in [4.69, 9.17) is 9.52 Å². The third kappa shape index (κ3) is 1.98. The Hall–Kier alpha value is -1.84. The topological polar surface area (TPSA) is 63.3 Å². The first-order chi connectivity index (χ1) is 8.74. The number of carboxylic acids is 1. The van der Waals surface area contributed by atoms with Crippen molar-refractivity contribution in [1.82, 2.24) is 4.98 Å². The lowest BCUT2D eigenvalue weighted by atomic mass is 9.82. The smallest absolute Gasteiger partial charge is 0.306 e. The number of nitrogens with zero attached hydrogens (tertiary/aromatic N) is 1. The van der Waals surface area contributed by atoms with E-state index < -0.39 is 5.97 Å². The molecule has 1 N–H and O–H groups in total. The van der Waals surface area contributed by atoms with Gasteiger partial charge >= 0.3 is 5.97 Å². The summed E-state index contributed by atoms with van der Waals surface area (Å²) in [6.45, 7) is 0. The third-order valence-corrected chi connectivity index (χ3v) is 3.74. The van der Waals surface area contributed by atoms with Gasteiger partial charge in [-0.05, 0) is 37.8 Å². The minimum atomic E-state index is -0.675. The van der Waals surface area contributed by atoms with Crippen LogP contribution in [0.25, 0.3) is 11.1 Å². The van der Waals surface area contributed by atoms with Crippen LogP contribution in [-0.2, 0) is 4.79 Å². The van der Waals surface area contributed by atoms with E-state index in [-0.39, 0.29) is 11.8 Å². The maximum Gasteiger partial charge on any atom is 0.306 e. The molecule has 0 atom stereocenters. The van der Waals surface area contributed by atoms with Gasteiger partial charge in [-0.15, -0.1) is 0 Å². The van der Waals surface area contributed by atoms with Crippen LogP contribution in [0.15, 0.2) is 28.7 Å². The van der Waals surface area contributed by atoms with E-state index in [1.807, 2.05) is 24.3 Å². The van der Waals surface area contributed by atoms with Crippen molar-refractivity contribution in [2.24, 2.45) is 5.92 Å². The number of carboxylic acid groups (broad SMARTS) is 1. The maximum absolute atomic E-state index is 10.9. The second-order valence-electron chi connectivity index (χ2n) is 4.91. The Morgan fingerprint density at radius 3 is 2.61 bits per heavy atom. The highest BCUT2D eigenvalue weighted by Gasteiger charge is 2.29. The zero-order valence-corrected chi connectivity index (χ0v) is 10.0. The van der Waals surface area contributed by atoms with Gasteiger partial charge in [0.05, 0.1) is 5.92 Å². The maximum atomic E-state index is 10.9. The van der Waals surface area contributed by atoms with Crippen LogP contribution in [0, 0.1) is 5.92 Å². The summed E-state index contributed by atoms with van der Waals surface area (Å²) < 4.78 is 5.74. The molecule has 4 nitrogen and oxygen atoms in total. The van der Waals surface area contributed by atoms with E-state index in [1.165, 1.54) is 0 Å². The van der Waals surface area contributed by atoms with Crippen molar-refractivity contribution in [2.45, 2.75) is 31.6 Å². The number of fused-ring (bicyclic) bond motifs is 1. The summed E-state index contributed by atoms with van der Waals surface area (Å²) in [5, 5.41) is 8.97. The van der Waals surface area contributed by atoms with Crippen LogP contribution in [0.5, 0.6) is 0 Å². The van der Waals surface area contributed by atoms with Crippen LogP contribution in [-0.4, -0.2) is 16.1 Å². The first kappa shape index (κ1) is 11.3. The summed E-state index contributed by atoms with van der Waals surface area (Å²) in [6, 6.07) is 7.72. The van der Waals surface area contributed by atoms with E-state index in [1.54, 1.807) is 0 Å². The van der Waals surface area contributed by atoms with Gasteiger partial charge in [0.1, 0.15) is 5.52 Å². The molecule has 3 rings (SSSR count). The molecule has 94 valence electrons. The van der Waals surface area contributed by atoms with E-state index in [0.717, 1.165) is 42.7 Å². The Kier molecular flexibility index (Phi) is 2.78. The SMILES string of the molecule is O=C(O)C1CCC(c2nc3ccccc3o2)CC1. The largest absolute Gasteiger partial charge is 0.481 e. The molecule has 1 aliphatic carbocycles. The predicted octanol–water partition coefficient (Wildman–Crippen LogP) is 3.19. The van der Waals surface area contributed by atoms with E-state index in [0.29, 0.717) is 0 Å². The highest BCUT2D eigenvalue weighted by molar-refractivity contribution is 5.72. The number of carbonyl (C=O) groups is 1. The van der Waals surface area contributed by atoms with Gasteiger partial charge in [0.15, 0.2) is 11.5 Å². The van der Waals surface area contributed by atoms with Crippen molar-refractivity contribution in [2.75, 3.05) is 0 Å². The number of hydrogen-bond acceptors (Lipinski definition) is 3. The molecule has 18 heavy (non-hydrogen) atoms. The number of para-hydroxylation sites is 2. The molecular weight excluding hydrogens is 230 g/mol. The van der Waals surface area contributed by atoms with Crippen molar-refractivity contribution in [3.63, 3.8) is 0 Å². The molecule has 0 bridgehead atoms. The average molecular weight is 245 g/mol. The highest BCUT2D eigenvalue weighted by atomic mass is 16.4. The van der Waals surface area contributed by atoms with Gasteiger partial charge in [-0.25, -0.2) is 4.98 Å². The zero-order valence-electron chi connectivity index (χ0n) is 10.0. The fraction of sp³-hybridized carbons (Fsp3) is 0.429. The molecule has 1 aromatic carbocycles. The molecule has 0 spiro atoms. The molecule has 0 aliphatic heterocycles. The van der Waals surface area contributed by atoms with Crippen molar-refractivity contribution < 1.29 is 14.3 Å². The lowest BCUT2D eigenvalue weighted by Gasteiger charge is -2.23. The van der Waals surface area contributed by atoms with Crippen molar-refractivity contribution >= 4 is 17.1 Å². The predicted molar refractivity (Wildman–Crippen MR) is 66.3 cm³/mol. The molecular formula is C14H15NO3. The van der Waals surface area contributed by atoms with Gasteiger partial charge < -0.3 is 9.52 Å². The Bertz CT molecular complexity index is 534. The summed E-state index contributed by atoms with van der Waals surface area (Å²) in [7, 11) is 0. The minimum absolute atomic E-state index is 0.189. The number of hydrogen-bond donors (Lipinski definition) is 1. The molecule has 0 saturated heterocycles. The number of aliphatic carboxylic acids is 1. The molecule has 0 amide bonds. The van der Waals surface area contributed by atoms with E-state index in [9.17, 15) is 4.79 Å². The number of rotatable bonds is 2. The number of benzene rings is 1. The quantitative estimate of drug-likeness (QED) is 0.882. The fourth-order valence-electron chi connectivity index (χ4n) is 2.65. The zero-order chi connectivity index (χ0) is 12.5. The summed E-state index contributed by atoms with van der Waals surface area (Å²) in [5.74, 6) is 0.171. The summed E-state index contributed by atoms with van der Waals surface area (Å²) >= 11 is 0. The summed E-state index contributed by atoms with van der Waals surface area (Å²) in [5.41, 5.74) is 1.70. The fourth-order valence-corrected chi connectivity index (χ4v) is 2.65. The normalized spacial score (nSPS) is 24.2. The Labute approximate surface area is 105 Å². The minimum Gasteiger partial charge on any atom is -0.481 e. The van der Waals surface area contributed by atoms with Crippen LogP contribution in [0.2, 0.25) is 0 Å². The van der Waals surface area contributed by atoms with Crippen LogP contribution in [0.4, 0.5) is 0 Å². The lowest BCUT2D eigenvalue weighted by Crippen LogP contribution is -2.20. The number of oxazole rings is 1. The van der Waals surface area contributed by atoms with Crippen molar-refractivity contribution in [3.8, 4) is 0 Å². The summed E-state index contributed by atoms with van der Waals surface area (Å²) in [4.78, 5) is 15.4. The van der Waals surface area contributed by atoms with Gasteiger partial charge in [0.25, 0.3) is 0 Å². The Morgan fingerprint density at radius 2 is 1.94 bits per heavy atom. The molecule has 1 aromatic heterocycles. The first-order valence-corrected chi connectivity index (χ1v) is 6.32. The van der Waals surface area contributed by atoms with Crippen molar-refractivity contribution in [3.05, 3.63) is 30.2 Å². The second kappa shape index (κ2) is 4.44. The molecule has 2 aromatic rings. The van der Waals surface area contributed by atoms with Crippen LogP contribution in [0.1, 0.15) is 37.5 Å². The standard InChI is InChI=1S/C14H15NO3/c16-14(17)10-7-5-9(6-8-10)13-15-11-3-1-2-4-12(11)18-13/h1-4,9-10H,5-8H2,(H,16,17). The highest BCUT2D eigenvalue weighted by Crippen LogP contribution is 2.36. The molecule has 1 aliphatic rings. The molecule has 4 heteroatoms. The molecule has 1 heterocycles. The molecule has 1 fully saturated rings. The van der Waals surface area contributed by atoms with E-state index in [2.05, 4.69) is 4.98 Å². The van der Waals surface area contributed by atoms with Gasteiger partial charge in [-0.2, -0.15) is 0 Å². The Morgan fingerprint density at radius 1 is 1.22 bits per heavy atom. The molecule has 0 radical (unpaired) electrons. The lowest BCUT2D eigenvalue weighted by molar-refractivity contribution is -0.142. The van der Waals surface area contributed by atoms with E-state index >= 15 is 0 Å². The third-order valence-electron chi connectivity index (χ3n) is 3.74. The summed E-state index contributed by atoms with van der Waals surface area (Å²) in [6.07, 6.45) is 3.14. The number of aromatic nitrogens is 1. The van der Waals surface area contributed by atoms with Gasteiger partial charge in [-0.1, -0.05) is 12.1 Å². The van der Waals surface area contributed by atoms with Crippen molar-refractivity contribution in [1.29, 1.82) is 0 Å². The second-order valence-corrected chi connectivity index (χ2v) is 4.91. The molecule has 0 unspecified atom stereocenters. The van der Waals surface area contributed by atoms with Crippen LogP contribution < -0.4 is 0 Å². The average Bonchev–Trinajstić information content (AvgIpc) is 2.82. The Balaban J connectivity index is 1.78. The van der Waals surface area contributed by atoms with Gasteiger partial charge in [0.2, 0.25) is 0 Å².